The van der Waals surface area contributed by atoms with Crippen LogP contribution in [0.2, 0.25) is 0 Å². The molecule has 0 unspecified atom stereocenters. The Balaban J connectivity index is 2.44. The smallest absolute Gasteiger partial charge is 0.371 e. The van der Waals surface area contributed by atoms with Gasteiger partial charge in [0, 0.05) is 12.1 Å². The van der Waals surface area contributed by atoms with Gasteiger partial charge in [0.1, 0.15) is 5.82 Å². The van der Waals surface area contributed by atoms with Gasteiger partial charge in [0.2, 0.25) is 11.5 Å². The van der Waals surface area contributed by atoms with Crippen molar-refractivity contribution in [3.05, 3.63) is 63.3 Å². The van der Waals surface area contributed by atoms with Crippen LogP contribution in [0.15, 0.2) is 34.7 Å². The van der Waals surface area contributed by atoms with Crippen LogP contribution in [-0.2, 0) is 0 Å². The highest BCUT2D eigenvalue weighted by Gasteiger charge is 2.22. The Labute approximate surface area is 110 Å². The van der Waals surface area contributed by atoms with Gasteiger partial charge in [-0.3, -0.25) is 14.9 Å². The molecule has 2 aromatic rings. The molecule has 8 heteroatoms. The first-order chi connectivity index (χ1) is 9.40. The van der Waals surface area contributed by atoms with Crippen molar-refractivity contribution in [2.45, 2.75) is 0 Å². The molecule has 0 amide bonds. The number of halogens is 1. The van der Waals surface area contributed by atoms with E-state index in [1.54, 1.807) is 0 Å². The Hall–Kier alpha value is -3.03. The first-order valence-electron chi connectivity index (χ1n) is 5.22. The summed E-state index contributed by atoms with van der Waals surface area (Å²) in [5.41, 5.74) is -1.02. The van der Waals surface area contributed by atoms with Crippen LogP contribution in [0.5, 0.6) is 0 Å². The van der Waals surface area contributed by atoms with Crippen molar-refractivity contribution in [2.75, 3.05) is 0 Å². The zero-order valence-electron chi connectivity index (χ0n) is 9.70. The number of hydrogen-bond donors (Lipinski definition) is 1. The van der Waals surface area contributed by atoms with Gasteiger partial charge in [0.05, 0.1) is 10.5 Å². The van der Waals surface area contributed by atoms with Crippen LogP contribution in [0.4, 0.5) is 10.1 Å². The molecule has 1 aromatic heterocycles. The minimum absolute atomic E-state index is 0.415. The number of carbonyl (C=O) groups excluding carboxylic acids is 1. The summed E-state index contributed by atoms with van der Waals surface area (Å²) >= 11 is 0. The maximum atomic E-state index is 13.5. The van der Waals surface area contributed by atoms with Crippen LogP contribution < -0.4 is 0 Å². The Kier molecular flexibility index (Phi) is 3.30. The Morgan fingerprint density at radius 3 is 2.40 bits per heavy atom. The molecule has 102 valence electrons. The third-order valence-corrected chi connectivity index (χ3v) is 2.45. The fourth-order valence-corrected chi connectivity index (χ4v) is 1.51. The molecule has 2 rings (SSSR count). The minimum atomic E-state index is -1.39. The van der Waals surface area contributed by atoms with Gasteiger partial charge in [-0.25, -0.2) is 9.18 Å². The average Bonchev–Trinajstić information content (AvgIpc) is 2.88. The van der Waals surface area contributed by atoms with Gasteiger partial charge in [-0.05, 0) is 18.2 Å². The molecule has 0 atom stereocenters. The molecule has 0 aliphatic heterocycles. The van der Waals surface area contributed by atoms with Crippen LogP contribution >= 0.6 is 0 Å². The molecule has 7 nitrogen and oxygen atoms in total. The first-order valence-corrected chi connectivity index (χ1v) is 5.22. The highest BCUT2D eigenvalue weighted by atomic mass is 19.1. The SMILES string of the molecule is O=C(O)c1ccc(C(=O)c2cc([N+](=O)[O-])ccc2F)o1. The number of rotatable bonds is 4. The van der Waals surface area contributed by atoms with Crippen molar-refractivity contribution in [3.63, 3.8) is 0 Å². The Morgan fingerprint density at radius 2 is 1.85 bits per heavy atom. The van der Waals surface area contributed by atoms with Crippen LogP contribution in [0.1, 0.15) is 26.7 Å². The van der Waals surface area contributed by atoms with E-state index in [1.165, 1.54) is 0 Å². The molecule has 1 N–H and O–H groups in total. The lowest BCUT2D eigenvalue weighted by molar-refractivity contribution is -0.384. The molecule has 1 aromatic carbocycles. The second kappa shape index (κ2) is 4.92. The minimum Gasteiger partial charge on any atom is -0.475 e. The summed E-state index contributed by atoms with van der Waals surface area (Å²) in [5.74, 6) is -4.22. The molecule has 0 fully saturated rings. The normalized spacial score (nSPS) is 10.2. The first kappa shape index (κ1) is 13.4. The maximum Gasteiger partial charge on any atom is 0.371 e. The van der Waals surface area contributed by atoms with Crippen molar-refractivity contribution < 1.29 is 28.4 Å². The number of non-ortho nitro benzene ring substituents is 1. The quantitative estimate of drug-likeness (QED) is 0.522. The zero-order chi connectivity index (χ0) is 14.9. The van der Waals surface area contributed by atoms with Crippen LogP contribution in [-0.4, -0.2) is 21.8 Å². The molecule has 20 heavy (non-hydrogen) atoms. The number of benzene rings is 1. The molecule has 1 heterocycles. The van der Waals surface area contributed by atoms with E-state index < -0.39 is 45.3 Å². The summed E-state index contributed by atoms with van der Waals surface area (Å²) in [5, 5.41) is 19.2. The molecular weight excluding hydrogens is 273 g/mol. The molecule has 0 bridgehead atoms. The number of ketones is 1. The topological polar surface area (TPSA) is 111 Å². The lowest BCUT2D eigenvalue weighted by Gasteiger charge is -2.00. The number of nitro groups is 1. The zero-order valence-corrected chi connectivity index (χ0v) is 9.70. The predicted molar refractivity (Wildman–Crippen MR) is 62.2 cm³/mol. The predicted octanol–water partition coefficient (Wildman–Crippen LogP) is 2.26. The Bertz CT molecular complexity index is 720. The van der Waals surface area contributed by atoms with Gasteiger partial charge in [0.15, 0.2) is 5.76 Å². The number of carboxylic acid groups (broad SMARTS) is 1. The molecule has 0 spiro atoms. The summed E-state index contributed by atoms with van der Waals surface area (Å²) in [6, 6.07) is 4.55. The number of hydrogen-bond acceptors (Lipinski definition) is 5. The van der Waals surface area contributed by atoms with Crippen LogP contribution in [0.25, 0.3) is 0 Å². The van der Waals surface area contributed by atoms with E-state index in [1.807, 2.05) is 0 Å². The summed E-state index contributed by atoms with van der Waals surface area (Å²) in [6.07, 6.45) is 0. The van der Waals surface area contributed by atoms with E-state index in [-0.39, 0.29) is 0 Å². The van der Waals surface area contributed by atoms with E-state index in [2.05, 4.69) is 0 Å². The van der Waals surface area contributed by atoms with Crippen molar-refractivity contribution >= 4 is 17.4 Å². The van der Waals surface area contributed by atoms with Crippen molar-refractivity contribution in [1.82, 2.24) is 0 Å². The van der Waals surface area contributed by atoms with Gasteiger partial charge < -0.3 is 9.52 Å². The Morgan fingerprint density at radius 1 is 1.20 bits per heavy atom. The summed E-state index contributed by atoms with van der Waals surface area (Å²) in [4.78, 5) is 32.4. The lowest BCUT2D eigenvalue weighted by Crippen LogP contribution is -2.04. The summed E-state index contributed by atoms with van der Waals surface area (Å²) in [6.45, 7) is 0. The fraction of sp³-hybridized carbons (Fsp3) is 0. The number of furan rings is 1. The average molecular weight is 279 g/mol. The van der Waals surface area contributed by atoms with Gasteiger partial charge in [-0.15, -0.1) is 0 Å². The number of nitrogens with zero attached hydrogens (tertiary/aromatic N) is 1. The van der Waals surface area contributed by atoms with E-state index in [9.17, 15) is 24.1 Å². The second-order valence-corrected chi connectivity index (χ2v) is 3.72. The molecule has 0 aliphatic rings. The molecule has 0 saturated carbocycles. The largest absolute Gasteiger partial charge is 0.475 e. The van der Waals surface area contributed by atoms with Gasteiger partial charge in [-0.1, -0.05) is 0 Å². The van der Waals surface area contributed by atoms with Crippen LogP contribution in [0, 0.1) is 15.9 Å². The number of carboxylic acids is 1. The molecule has 0 saturated heterocycles. The van der Waals surface area contributed by atoms with E-state index >= 15 is 0 Å². The number of carbonyl (C=O) groups is 2. The maximum absolute atomic E-state index is 13.5. The third-order valence-electron chi connectivity index (χ3n) is 2.45. The summed E-state index contributed by atoms with van der Waals surface area (Å²) < 4.78 is 18.3. The molecule has 0 radical (unpaired) electrons. The van der Waals surface area contributed by atoms with E-state index in [0.717, 1.165) is 30.3 Å². The highest BCUT2D eigenvalue weighted by molar-refractivity contribution is 6.08. The van der Waals surface area contributed by atoms with Crippen molar-refractivity contribution in [1.29, 1.82) is 0 Å². The van der Waals surface area contributed by atoms with Gasteiger partial charge in [-0.2, -0.15) is 0 Å². The van der Waals surface area contributed by atoms with Crippen molar-refractivity contribution in [3.8, 4) is 0 Å². The molecule has 0 aliphatic carbocycles. The lowest BCUT2D eigenvalue weighted by atomic mass is 10.1. The third kappa shape index (κ3) is 2.39. The standard InChI is InChI=1S/C12H6FNO6/c13-8-2-1-6(14(18)19)5-7(8)11(15)9-3-4-10(20-9)12(16)17/h1-5H,(H,16,17). The van der Waals surface area contributed by atoms with E-state index in [0.29, 0.717) is 0 Å². The van der Waals surface area contributed by atoms with Gasteiger partial charge in [0.25, 0.3) is 5.69 Å². The van der Waals surface area contributed by atoms with Gasteiger partial charge >= 0.3 is 5.97 Å². The number of aromatic carboxylic acids is 1. The summed E-state index contributed by atoms with van der Waals surface area (Å²) in [7, 11) is 0. The highest BCUT2D eigenvalue weighted by Crippen LogP contribution is 2.21. The fourth-order valence-electron chi connectivity index (χ4n) is 1.51. The monoisotopic (exact) mass is 279 g/mol. The van der Waals surface area contributed by atoms with Crippen molar-refractivity contribution in [2.24, 2.45) is 0 Å². The second-order valence-electron chi connectivity index (χ2n) is 3.72. The number of nitro benzene ring substituents is 1. The van der Waals surface area contributed by atoms with E-state index in [4.69, 9.17) is 9.52 Å². The van der Waals surface area contributed by atoms with Crippen LogP contribution in [0.3, 0.4) is 0 Å². The molecular formula is C12H6FNO6.